The van der Waals surface area contributed by atoms with Crippen LogP contribution in [0.5, 0.6) is 11.5 Å². The summed E-state index contributed by atoms with van der Waals surface area (Å²) in [4.78, 5) is 26.7. The van der Waals surface area contributed by atoms with E-state index in [1.165, 1.54) is 11.3 Å². The van der Waals surface area contributed by atoms with Crippen molar-refractivity contribution in [2.24, 2.45) is 5.92 Å². The SMILES string of the molecule is O=C(Nc1ccc(Oc2ccccc2)cc1)C1CCN(C(=O)Nc2cccs2)CC1. The van der Waals surface area contributed by atoms with Crippen molar-refractivity contribution in [3.05, 3.63) is 72.1 Å². The van der Waals surface area contributed by atoms with E-state index >= 15 is 0 Å². The lowest BCUT2D eigenvalue weighted by molar-refractivity contribution is -0.121. The number of thiophene rings is 1. The molecule has 2 N–H and O–H groups in total. The molecule has 0 aliphatic carbocycles. The molecule has 1 aliphatic rings. The number of likely N-dealkylation sites (tertiary alicyclic amines) is 1. The lowest BCUT2D eigenvalue weighted by atomic mass is 9.96. The van der Waals surface area contributed by atoms with E-state index in [2.05, 4.69) is 10.6 Å². The van der Waals surface area contributed by atoms with Crippen LogP contribution in [0.25, 0.3) is 0 Å². The van der Waals surface area contributed by atoms with Crippen molar-refractivity contribution in [1.82, 2.24) is 4.90 Å². The number of amides is 3. The maximum absolute atomic E-state index is 12.6. The summed E-state index contributed by atoms with van der Waals surface area (Å²) >= 11 is 1.49. The van der Waals surface area contributed by atoms with Crippen LogP contribution < -0.4 is 15.4 Å². The third-order valence-corrected chi connectivity index (χ3v) is 5.79. The Morgan fingerprint density at radius 2 is 1.57 bits per heavy atom. The second-order valence-corrected chi connectivity index (χ2v) is 8.05. The van der Waals surface area contributed by atoms with Crippen molar-refractivity contribution >= 4 is 34.0 Å². The molecule has 0 saturated carbocycles. The fraction of sp³-hybridized carbons (Fsp3) is 0.217. The molecule has 1 fully saturated rings. The third-order valence-electron chi connectivity index (χ3n) is 5.01. The highest BCUT2D eigenvalue weighted by Crippen LogP contribution is 2.24. The molecule has 3 aromatic rings. The Morgan fingerprint density at radius 3 is 2.23 bits per heavy atom. The minimum absolute atomic E-state index is 0.00922. The molecule has 0 unspecified atom stereocenters. The van der Waals surface area contributed by atoms with Crippen LogP contribution in [-0.4, -0.2) is 29.9 Å². The van der Waals surface area contributed by atoms with Gasteiger partial charge in [0.1, 0.15) is 11.5 Å². The molecular weight excluding hydrogens is 398 g/mol. The summed E-state index contributed by atoms with van der Waals surface area (Å²) in [5, 5.41) is 8.62. The molecule has 3 amide bonds. The van der Waals surface area contributed by atoms with Crippen LogP contribution in [-0.2, 0) is 4.79 Å². The first kappa shape index (κ1) is 20.0. The second-order valence-electron chi connectivity index (χ2n) is 7.10. The largest absolute Gasteiger partial charge is 0.457 e. The first-order valence-electron chi connectivity index (χ1n) is 9.90. The molecule has 1 aromatic heterocycles. The number of rotatable bonds is 5. The number of anilines is 2. The van der Waals surface area contributed by atoms with E-state index in [0.29, 0.717) is 31.7 Å². The van der Waals surface area contributed by atoms with Gasteiger partial charge in [-0.15, -0.1) is 11.3 Å². The summed E-state index contributed by atoms with van der Waals surface area (Å²) in [7, 11) is 0. The van der Waals surface area contributed by atoms with E-state index in [0.717, 1.165) is 16.4 Å². The standard InChI is InChI=1S/C23H23N3O3S/c27-22(17-12-14-26(15-13-17)23(28)25-21-7-4-16-30-21)24-18-8-10-20(11-9-18)29-19-5-2-1-3-6-19/h1-11,16-17H,12-15H2,(H,24,27)(H,25,28). The van der Waals surface area contributed by atoms with Gasteiger partial charge in [-0.2, -0.15) is 0 Å². The fourth-order valence-electron chi connectivity index (χ4n) is 3.35. The normalized spacial score (nSPS) is 14.2. The number of ether oxygens (including phenoxy) is 1. The average molecular weight is 422 g/mol. The molecule has 4 rings (SSSR count). The molecule has 0 bridgehead atoms. The highest BCUT2D eigenvalue weighted by Gasteiger charge is 2.27. The number of nitrogens with zero attached hydrogens (tertiary/aromatic N) is 1. The van der Waals surface area contributed by atoms with Crippen molar-refractivity contribution in [2.45, 2.75) is 12.8 Å². The van der Waals surface area contributed by atoms with Crippen LogP contribution >= 0.6 is 11.3 Å². The minimum Gasteiger partial charge on any atom is -0.457 e. The van der Waals surface area contributed by atoms with E-state index in [1.807, 2.05) is 72.1 Å². The first-order valence-corrected chi connectivity index (χ1v) is 10.8. The van der Waals surface area contributed by atoms with Gasteiger partial charge in [0.2, 0.25) is 5.91 Å². The van der Waals surface area contributed by atoms with Gasteiger partial charge in [-0.25, -0.2) is 4.79 Å². The molecule has 7 heteroatoms. The number of piperidine rings is 1. The molecule has 0 spiro atoms. The molecule has 1 aliphatic heterocycles. The van der Waals surface area contributed by atoms with E-state index in [1.54, 1.807) is 4.90 Å². The Balaban J connectivity index is 1.25. The van der Waals surface area contributed by atoms with Crippen molar-refractivity contribution in [3.63, 3.8) is 0 Å². The van der Waals surface area contributed by atoms with Crippen LogP contribution in [0, 0.1) is 5.92 Å². The van der Waals surface area contributed by atoms with Gasteiger partial charge in [0, 0.05) is 24.7 Å². The third kappa shape index (κ3) is 5.18. The Morgan fingerprint density at radius 1 is 0.867 bits per heavy atom. The van der Waals surface area contributed by atoms with Gasteiger partial charge < -0.3 is 15.0 Å². The predicted octanol–water partition coefficient (Wildman–Crippen LogP) is 5.42. The van der Waals surface area contributed by atoms with Gasteiger partial charge in [-0.3, -0.25) is 10.1 Å². The maximum atomic E-state index is 12.6. The van der Waals surface area contributed by atoms with Crippen LogP contribution in [0.4, 0.5) is 15.5 Å². The van der Waals surface area contributed by atoms with Crippen LogP contribution in [0.2, 0.25) is 0 Å². The van der Waals surface area contributed by atoms with Gasteiger partial charge >= 0.3 is 6.03 Å². The number of nitrogens with one attached hydrogen (secondary N) is 2. The van der Waals surface area contributed by atoms with E-state index in [9.17, 15) is 9.59 Å². The summed E-state index contributed by atoms with van der Waals surface area (Å²) in [6, 6.07) is 20.6. The van der Waals surface area contributed by atoms with Crippen LogP contribution in [0.3, 0.4) is 0 Å². The summed E-state index contributed by atoms with van der Waals surface area (Å²) in [5.74, 6) is 1.37. The Bertz CT molecular complexity index is 967. The monoisotopic (exact) mass is 421 g/mol. The average Bonchev–Trinajstić information content (AvgIpc) is 3.29. The topological polar surface area (TPSA) is 70.7 Å². The lowest BCUT2D eigenvalue weighted by Crippen LogP contribution is -2.43. The van der Waals surface area contributed by atoms with Crippen molar-refractivity contribution < 1.29 is 14.3 Å². The number of benzene rings is 2. The zero-order valence-electron chi connectivity index (χ0n) is 16.4. The Kier molecular flexibility index (Phi) is 6.29. The minimum atomic E-state index is -0.106. The number of carbonyl (C=O) groups excluding carboxylic acids is 2. The number of hydrogen-bond donors (Lipinski definition) is 2. The Hall–Kier alpha value is -3.32. The van der Waals surface area contributed by atoms with E-state index < -0.39 is 0 Å². The van der Waals surface area contributed by atoms with Gasteiger partial charge in [0.15, 0.2) is 0 Å². The highest BCUT2D eigenvalue weighted by molar-refractivity contribution is 7.14. The summed E-state index contributed by atoms with van der Waals surface area (Å²) in [6.45, 7) is 1.14. The molecule has 154 valence electrons. The molecule has 2 heterocycles. The molecule has 30 heavy (non-hydrogen) atoms. The zero-order chi connectivity index (χ0) is 20.8. The smallest absolute Gasteiger partial charge is 0.322 e. The first-order chi connectivity index (χ1) is 14.7. The zero-order valence-corrected chi connectivity index (χ0v) is 17.2. The quantitative estimate of drug-likeness (QED) is 0.578. The maximum Gasteiger partial charge on any atom is 0.322 e. The summed E-state index contributed by atoms with van der Waals surface area (Å²) < 4.78 is 5.77. The molecule has 1 saturated heterocycles. The van der Waals surface area contributed by atoms with Gasteiger partial charge in [0.05, 0.1) is 5.00 Å². The highest BCUT2D eigenvalue weighted by atomic mass is 32.1. The number of urea groups is 1. The lowest BCUT2D eigenvalue weighted by Gasteiger charge is -2.31. The van der Waals surface area contributed by atoms with Gasteiger partial charge in [-0.05, 0) is 66.8 Å². The fourth-order valence-corrected chi connectivity index (χ4v) is 3.96. The molecule has 0 radical (unpaired) electrons. The summed E-state index contributed by atoms with van der Waals surface area (Å²) in [5.41, 5.74) is 0.735. The number of carbonyl (C=O) groups is 2. The van der Waals surface area contributed by atoms with Crippen molar-refractivity contribution in [3.8, 4) is 11.5 Å². The Labute approximate surface area is 179 Å². The molecular formula is C23H23N3O3S. The van der Waals surface area contributed by atoms with Gasteiger partial charge in [-0.1, -0.05) is 18.2 Å². The number of para-hydroxylation sites is 1. The predicted molar refractivity (Wildman–Crippen MR) is 119 cm³/mol. The molecule has 0 atom stereocenters. The summed E-state index contributed by atoms with van der Waals surface area (Å²) in [6.07, 6.45) is 1.30. The molecule has 6 nitrogen and oxygen atoms in total. The number of hydrogen-bond acceptors (Lipinski definition) is 4. The van der Waals surface area contributed by atoms with Gasteiger partial charge in [0.25, 0.3) is 0 Å². The van der Waals surface area contributed by atoms with Crippen molar-refractivity contribution in [1.29, 1.82) is 0 Å². The second kappa shape index (κ2) is 9.45. The molecule has 2 aromatic carbocycles. The van der Waals surface area contributed by atoms with Crippen LogP contribution in [0.1, 0.15) is 12.8 Å². The van der Waals surface area contributed by atoms with E-state index in [-0.39, 0.29) is 17.9 Å². The van der Waals surface area contributed by atoms with E-state index in [4.69, 9.17) is 4.74 Å². The van der Waals surface area contributed by atoms with Crippen LogP contribution in [0.15, 0.2) is 72.1 Å². The van der Waals surface area contributed by atoms with Crippen molar-refractivity contribution in [2.75, 3.05) is 23.7 Å².